The number of carbonyl (C=O) groups is 2. The number of pyridine rings is 1. The molecule has 1 saturated heterocycles. The van der Waals surface area contributed by atoms with Crippen molar-refractivity contribution in [1.29, 1.82) is 0 Å². The van der Waals surface area contributed by atoms with Crippen LogP contribution in [0.25, 0.3) is 0 Å². The number of nitrogens with zero attached hydrogens (tertiary/aromatic N) is 2. The Morgan fingerprint density at radius 3 is 2.47 bits per heavy atom. The van der Waals surface area contributed by atoms with Crippen LogP contribution >= 0.6 is 0 Å². The molecule has 0 bridgehead atoms. The Labute approximate surface area is 182 Å². The molecule has 2 amide bonds. The molecule has 1 aromatic heterocycles. The van der Waals surface area contributed by atoms with E-state index in [0.717, 1.165) is 17.0 Å². The molecule has 2 aromatic rings. The van der Waals surface area contributed by atoms with Gasteiger partial charge in [-0.25, -0.2) is 13.8 Å². The molecule has 6 nitrogen and oxygen atoms in total. The molecule has 0 saturated carbocycles. The van der Waals surface area contributed by atoms with Gasteiger partial charge in [0.05, 0.1) is 0 Å². The number of alkyl halides is 2. The Balaban J connectivity index is 1.85. The summed E-state index contributed by atoms with van der Waals surface area (Å²) in [7, 11) is 0. The SMILES string of the molecule is Cc1cc(NC(=O)c2ccc(F)c(C(F)(F)C(=O)N3CCC(N)C(C)(C)C3)n2)ccc1F. The van der Waals surface area contributed by atoms with Crippen LogP contribution in [0.2, 0.25) is 0 Å². The lowest BCUT2D eigenvalue weighted by atomic mass is 9.79. The van der Waals surface area contributed by atoms with E-state index in [2.05, 4.69) is 10.3 Å². The Morgan fingerprint density at radius 1 is 1.19 bits per heavy atom. The third kappa shape index (κ3) is 4.59. The molecule has 3 N–H and O–H groups in total. The zero-order valence-corrected chi connectivity index (χ0v) is 17.9. The molecule has 1 aliphatic heterocycles. The van der Waals surface area contributed by atoms with Gasteiger partial charge in [-0.3, -0.25) is 9.59 Å². The van der Waals surface area contributed by atoms with Gasteiger partial charge in [-0.2, -0.15) is 8.78 Å². The fourth-order valence-corrected chi connectivity index (χ4v) is 3.55. The summed E-state index contributed by atoms with van der Waals surface area (Å²) in [4.78, 5) is 29.5. The van der Waals surface area contributed by atoms with Crippen LogP contribution in [-0.2, 0) is 10.7 Å². The van der Waals surface area contributed by atoms with Gasteiger partial charge in [-0.05, 0) is 54.7 Å². The van der Waals surface area contributed by atoms with E-state index < -0.39 is 46.2 Å². The summed E-state index contributed by atoms with van der Waals surface area (Å²) in [5.41, 5.74) is 3.91. The van der Waals surface area contributed by atoms with Gasteiger partial charge < -0.3 is 16.0 Å². The second-order valence-electron chi connectivity index (χ2n) is 8.63. The van der Waals surface area contributed by atoms with Crippen LogP contribution in [0.1, 0.15) is 42.0 Å². The van der Waals surface area contributed by atoms with E-state index in [-0.39, 0.29) is 30.4 Å². The number of aryl methyl sites for hydroxylation is 1. The molecule has 1 atom stereocenters. The van der Waals surface area contributed by atoms with E-state index in [0.29, 0.717) is 12.5 Å². The Morgan fingerprint density at radius 2 is 1.84 bits per heavy atom. The smallest absolute Gasteiger partial charge is 0.336 e. The van der Waals surface area contributed by atoms with Crippen molar-refractivity contribution in [2.45, 2.75) is 39.2 Å². The normalized spacial score (nSPS) is 18.4. The molecule has 1 aliphatic rings. The average molecular weight is 452 g/mol. The first-order valence-electron chi connectivity index (χ1n) is 10.00. The predicted molar refractivity (Wildman–Crippen MR) is 110 cm³/mol. The van der Waals surface area contributed by atoms with Gasteiger partial charge in [0.25, 0.3) is 11.8 Å². The van der Waals surface area contributed by atoms with E-state index in [4.69, 9.17) is 5.73 Å². The monoisotopic (exact) mass is 452 g/mol. The highest BCUT2D eigenvalue weighted by atomic mass is 19.3. The van der Waals surface area contributed by atoms with Crippen molar-refractivity contribution in [2.24, 2.45) is 11.1 Å². The Kier molecular flexibility index (Phi) is 6.28. The maximum atomic E-state index is 15.0. The number of rotatable bonds is 4. The molecule has 0 aliphatic carbocycles. The highest BCUT2D eigenvalue weighted by Gasteiger charge is 2.50. The minimum absolute atomic E-state index is 0.00470. The molecule has 1 aromatic carbocycles. The maximum absolute atomic E-state index is 15.0. The molecule has 10 heteroatoms. The molecule has 0 radical (unpaired) electrons. The molecular formula is C22H24F4N4O2. The van der Waals surface area contributed by atoms with Crippen LogP contribution in [0.15, 0.2) is 30.3 Å². The number of likely N-dealkylation sites (tertiary alicyclic amines) is 1. The molecule has 2 heterocycles. The van der Waals surface area contributed by atoms with Crippen molar-refractivity contribution in [1.82, 2.24) is 9.88 Å². The van der Waals surface area contributed by atoms with Gasteiger partial charge in [-0.1, -0.05) is 13.8 Å². The molecule has 1 fully saturated rings. The lowest BCUT2D eigenvalue weighted by Crippen LogP contribution is -2.56. The maximum Gasteiger partial charge on any atom is 0.369 e. The fourth-order valence-electron chi connectivity index (χ4n) is 3.55. The van der Waals surface area contributed by atoms with E-state index in [1.54, 1.807) is 13.8 Å². The van der Waals surface area contributed by atoms with Gasteiger partial charge in [0.15, 0.2) is 11.5 Å². The molecule has 172 valence electrons. The van der Waals surface area contributed by atoms with Gasteiger partial charge >= 0.3 is 5.92 Å². The van der Waals surface area contributed by atoms with Crippen molar-refractivity contribution in [2.75, 3.05) is 18.4 Å². The third-order valence-corrected chi connectivity index (χ3v) is 5.66. The number of hydrogen-bond acceptors (Lipinski definition) is 4. The minimum atomic E-state index is -4.29. The summed E-state index contributed by atoms with van der Waals surface area (Å²) in [6.07, 6.45) is 0.324. The summed E-state index contributed by atoms with van der Waals surface area (Å²) in [6.45, 7) is 4.99. The lowest BCUT2D eigenvalue weighted by molar-refractivity contribution is -0.163. The zero-order chi connectivity index (χ0) is 23.8. The second-order valence-corrected chi connectivity index (χ2v) is 8.63. The quantitative estimate of drug-likeness (QED) is 0.694. The zero-order valence-electron chi connectivity index (χ0n) is 17.9. The van der Waals surface area contributed by atoms with E-state index in [1.165, 1.54) is 19.1 Å². The first-order chi connectivity index (χ1) is 14.8. The minimum Gasteiger partial charge on any atom is -0.336 e. The molecular weight excluding hydrogens is 428 g/mol. The van der Waals surface area contributed by atoms with Crippen LogP contribution in [0.5, 0.6) is 0 Å². The second kappa shape index (κ2) is 8.50. The number of carbonyl (C=O) groups excluding carboxylic acids is 2. The highest BCUT2D eigenvalue weighted by molar-refractivity contribution is 6.03. The number of hydrogen-bond donors (Lipinski definition) is 2. The number of nitrogens with two attached hydrogens (primary N) is 1. The van der Waals surface area contributed by atoms with Crippen LogP contribution in [-0.4, -0.2) is 40.8 Å². The summed E-state index contributed by atoms with van der Waals surface area (Å²) in [5.74, 6) is -8.69. The number of aromatic nitrogens is 1. The standard InChI is InChI=1S/C22H24F4N4O2/c1-12-10-13(4-5-14(12)23)28-19(31)16-7-6-15(24)18(29-16)22(25,26)20(32)30-9-8-17(27)21(2,3)11-30/h4-7,10,17H,8-9,11,27H2,1-3H3,(H,28,31). The molecule has 1 unspecified atom stereocenters. The van der Waals surface area contributed by atoms with E-state index >= 15 is 8.78 Å². The summed E-state index contributed by atoms with van der Waals surface area (Å²) < 4.78 is 57.7. The van der Waals surface area contributed by atoms with Crippen molar-refractivity contribution in [3.05, 3.63) is 58.9 Å². The highest BCUT2D eigenvalue weighted by Crippen LogP contribution is 2.35. The summed E-state index contributed by atoms with van der Waals surface area (Å²) in [6, 6.07) is 5.08. The number of piperidine rings is 1. The molecule has 32 heavy (non-hydrogen) atoms. The number of nitrogens with one attached hydrogen (secondary N) is 1. The van der Waals surface area contributed by atoms with Crippen molar-refractivity contribution in [3.63, 3.8) is 0 Å². The van der Waals surface area contributed by atoms with Gasteiger partial charge in [0.1, 0.15) is 11.5 Å². The van der Waals surface area contributed by atoms with Crippen LogP contribution < -0.4 is 11.1 Å². The van der Waals surface area contributed by atoms with Gasteiger partial charge in [0.2, 0.25) is 0 Å². The Hall–Kier alpha value is -3.01. The largest absolute Gasteiger partial charge is 0.369 e. The lowest BCUT2D eigenvalue weighted by Gasteiger charge is -2.43. The number of anilines is 1. The molecule has 3 rings (SSSR count). The van der Waals surface area contributed by atoms with Crippen LogP contribution in [0.3, 0.4) is 0 Å². The van der Waals surface area contributed by atoms with E-state index in [1.807, 2.05) is 0 Å². The number of amides is 2. The van der Waals surface area contributed by atoms with Crippen LogP contribution in [0.4, 0.5) is 23.2 Å². The van der Waals surface area contributed by atoms with Gasteiger partial charge in [0, 0.05) is 24.8 Å². The van der Waals surface area contributed by atoms with Crippen molar-refractivity contribution < 1.29 is 27.2 Å². The Bertz CT molecular complexity index is 1060. The average Bonchev–Trinajstić information content (AvgIpc) is 2.72. The summed E-state index contributed by atoms with van der Waals surface area (Å²) >= 11 is 0. The first-order valence-corrected chi connectivity index (χ1v) is 10.00. The fraction of sp³-hybridized carbons (Fsp3) is 0.409. The topological polar surface area (TPSA) is 88.3 Å². The molecule has 0 spiro atoms. The number of halogens is 4. The van der Waals surface area contributed by atoms with E-state index in [9.17, 15) is 18.4 Å². The third-order valence-electron chi connectivity index (χ3n) is 5.66. The predicted octanol–water partition coefficient (Wildman–Crippen LogP) is 3.60. The summed E-state index contributed by atoms with van der Waals surface area (Å²) in [5, 5.41) is 2.39. The van der Waals surface area contributed by atoms with Gasteiger partial charge in [-0.15, -0.1) is 0 Å². The van der Waals surface area contributed by atoms with Crippen molar-refractivity contribution >= 4 is 17.5 Å². The number of benzene rings is 1. The first kappa shape index (κ1) is 23.6. The van der Waals surface area contributed by atoms with Crippen LogP contribution in [0, 0.1) is 24.0 Å². The van der Waals surface area contributed by atoms with Crippen molar-refractivity contribution in [3.8, 4) is 0 Å².